The zero-order valence-corrected chi connectivity index (χ0v) is 12.8. The van der Waals surface area contributed by atoms with Crippen molar-refractivity contribution >= 4 is 34.9 Å². The summed E-state index contributed by atoms with van der Waals surface area (Å²) in [5, 5.41) is 15.0. The van der Waals surface area contributed by atoms with Gasteiger partial charge < -0.3 is 15.7 Å². The third kappa shape index (κ3) is 4.03. The third-order valence-corrected chi connectivity index (χ3v) is 3.55. The van der Waals surface area contributed by atoms with Crippen molar-refractivity contribution in [2.75, 3.05) is 5.32 Å². The van der Waals surface area contributed by atoms with Crippen LogP contribution in [0.3, 0.4) is 0 Å². The molecule has 0 saturated heterocycles. The molecule has 0 aliphatic carbocycles. The number of nitrogens with one attached hydrogen (secondary N) is 2. The van der Waals surface area contributed by atoms with E-state index in [2.05, 4.69) is 10.6 Å². The van der Waals surface area contributed by atoms with Crippen molar-refractivity contribution in [3.8, 4) is 5.75 Å². The molecule has 0 bridgehead atoms. The van der Waals surface area contributed by atoms with E-state index in [0.717, 1.165) is 11.1 Å². The van der Waals surface area contributed by atoms with Gasteiger partial charge in [0.05, 0.1) is 10.0 Å². The highest BCUT2D eigenvalue weighted by atomic mass is 35.5. The van der Waals surface area contributed by atoms with Gasteiger partial charge in [-0.25, -0.2) is 4.79 Å². The number of aromatic hydroxyl groups is 1. The van der Waals surface area contributed by atoms with Gasteiger partial charge in [-0.05, 0) is 30.2 Å². The molecule has 4 nitrogen and oxygen atoms in total. The van der Waals surface area contributed by atoms with E-state index >= 15 is 0 Å². The van der Waals surface area contributed by atoms with Crippen LogP contribution in [0, 0.1) is 6.92 Å². The smallest absolute Gasteiger partial charge is 0.319 e. The topological polar surface area (TPSA) is 61.4 Å². The Balaban J connectivity index is 1.98. The predicted molar refractivity (Wildman–Crippen MR) is 85.2 cm³/mol. The number of amides is 2. The summed E-state index contributed by atoms with van der Waals surface area (Å²) < 4.78 is 0. The molecule has 0 fully saturated rings. The van der Waals surface area contributed by atoms with Crippen LogP contribution in [0.1, 0.15) is 11.1 Å². The second-order valence-electron chi connectivity index (χ2n) is 4.52. The van der Waals surface area contributed by atoms with Crippen LogP contribution in [-0.2, 0) is 6.54 Å². The molecule has 0 atom stereocenters. The lowest BCUT2D eigenvalue weighted by Crippen LogP contribution is -2.28. The Kier molecular flexibility index (Phi) is 4.94. The maximum absolute atomic E-state index is 11.8. The van der Waals surface area contributed by atoms with E-state index < -0.39 is 0 Å². The van der Waals surface area contributed by atoms with Gasteiger partial charge in [0, 0.05) is 12.2 Å². The standard InChI is InChI=1S/C15H14Cl2N2O2/c1-9-4-2-3-5-10(9)8-18-15(21)19-11-6-12(16)14(20)13(17)7-11/h2-7,20H,8H2,1H3,(H2,18,19,21). The zero-order chi connectivity index (χ0) is 15.4. The fourth-order valence-electron chi connectivity index (χ4n) is 1.80. The molecule has 2 amide bonds. The SMILES string of the molecule is Cc1ccccc1CNC(=O)Nc1cc(Cl)c(O)c(Cl)c1. The predicted octanol–water partition coefficient (Wildman–Crippen LogP) is 4.33. The Morgan fingerprint density at radius 1 is 1.19 bits per heavy atom. The van der Waals surface area contributed by atoms with Crippen molar-refractivity contribution < 1.29 is 9.90 Å². The lowest BCUT2D eigenvalue weighted by atomic mass is 10.1. The van der Waals surface area contributed by atoms with Crippen LogP contribution in [0.25, 0.3) is 0 Å². The van der Waals surface area contributed by atoms with Crippen LogP contribution < -0.4 is 10.6 Å². The first kappa shape index (κ1) is 15.5. The fraction of sp³-hybridized carbons (Fsp3) is 0.133. The lowest BCUT2D eigenvalue weighted by molar-refractivity contribution is 0.251. The minimum absolute atomic E-state index is 0.0803. The summed E-state index contributed by atoms with van der Waals surface area (Å²) in [6.07, 6.45) is 0. The molecule has 0 heterocycles. The lowest BCUT2D eigenvalue weighted by Gasteiger charge is -2.10. The fourth-order valence-corrected chi connectivity index (χ4v) is 2.28. The average molecular weight is 325 g/mol. The molecule has 2 aromatic rings. The number of carbonyl (C=O) groups excluding carboxylic acids is 1. The van der Waals surface area contributed by atoms with Gasteiger partial charge in [-0.1, -0.05) is 47.5 Å². The third-order valence-electron chi connectivity index (χ3n) is 2.98. The summed E-state index contributed by atoms with van der Waals surface area (Å²) in [6, 6.07) is 10.3. The summed E-state index contributed by atoms with van der Waals surface area (Å²) in [7, 11) is 0. The number of urea groups is 1. The van der Waals surface area contributed by atoms with Gasteiger partial charge >= 0.3 is 6.03 Å². The van der Waals surface area contributed by atoms with E-state index in [1.54, 1.807) is 0 Å². The summed E-state index contributed by atoms with van der Waals surface area (Å²) in [4.78, 5) is 11.8. The van der Waals surface area contributed by atoms with Crippen molar-refractivity contribution in [2.24, 2.45) is 0 Å². The van der Waals surface area contributed by atoms with Gasteiger partial charge in [0.1, 0.15) is 0 Å². The molecule has 6 heteroatoms. The van der Waals surface area contributed by atoms with E-state index in [0.29, 0.717) is 12.2 Å². The first-order chi connectivity index (χ1) is 9.97. The second kappa shape index (κ2) is 6.70. The monoisotopic (exact) mass is 324 g/mol. The van der Waals surface area contributed by atoms with Crippen LogP contribution in [0.2, 0.25) is 10.0 Å². The number of phenolic OH excluding ortho intramolecular Hbond substituents is 1. The van der Waals surface area contributed by atoms with Gasteiger partial charge in [0.15, 0.2) is 5.75 Å². The molecule has 0 spiro atoms. The number of anilines is 1. The molecule has 21 heavy (non-hydrogen) atoms. The van der Waals surface area contributed by atoms with Crippen molar-refractivity contribution in [3.05, 3.63) is 57.6 Å². The van der Waals surface area contributed by atoms with E-state index in [1.165, 1.54) is 12.1 Å². The number of hydrogen-bond donors (Lipinski definition) is 3. The maximum Gasteiger partial charge on any atom is 0.319 e. The van der Waals surface area contributed by atoms with E-state index in [4.69, 9.17) is 23.2 Å². The van der Waals surface area contributed by atoms with Crippen molar-refractivity contribution in [1.82, 2.24) is 5.32 Å². The molecule has 2 rings (SSSR count). The number of rotatable bonds is 3. The molecule has 110 valence electrons. The van der Waals surface area contributed by atoms with Gasteiger partial charge in [0.2, 0.25) is 0 Å². The van der Waals surface area contributed by atoms with E-state index in [-0.39, 0.29) is 21.8 Å². The van der Waals surface area contributed by atoms with Gasteiger partial charge in [0.25, 0.3) is 0 Å². The van der Waals surface area contributed by atoms with Crippen LogP contribution in [0.5, 0.6) is 5.75 Å². The molecule has 2 aromatic carbocycles. The molecular formula is C15H14Cl2N2O2. The number of benzene rings is 2. The summed E-state index contributed by atoms with van der Waals surface area (Å²) >= 11 is 11.6. The molecule has 0 saturated carbocycles. The molecule has 0 radical (unpaired) electrons. The quantitative estimate of drug-likeness (QED) is 0.736. The van der Waals surface area contributed by atoms with Crippen molar-refractivity contribution in [2.45, 2.75) is 13.5 Å². The van der Waals surface area contributed by atoms with Crippen molar-refractivity contribution in [1.29, 1.82) is 0 Å². The average Bonchev–Trinajstić information content (AvgIpc) is 2.44. The Morgan fingerprint density at radius 2 is 1.81 bits per heavy atom. The summed E-state index contributed by atoms with van der Waals surface area (Å²) in [5.74, 6) is -0.204. The van der Waals surface area contributed by atoms with Crippen LogP contribution >= 0.6 is 23.2 Å². The second-order valence-corrected chi connectivity index (χ2v) is 5.34. The van der Waals surface area contributed by atoms with Gasteiger partial charge in [-0.2, -0.15) is 0 Å². The molecule has 3 N–H and O–H groups in total. The molecule has 0 aromatic heterocycles. The molecule has 0 aliphatic rings. The summed E-state index contributed by atoms with van der Waals surface area (Å²) in [5.41, 5.74) is 2.55. The van der Waals surface area contributed by atoms with Gasteiger partial charge in [-0.3, -0.25) is 0 Å². The number of phenols is 1. The normalized spacial score (nSPS) is 10.2. The largest absolute Gasteiger partial charge is 0.505 e. The van der Waals surface area contributed by atoms with E-state index in [1.807, 2.05) is 31.2 Å². The zero-order valence-electron chi connectivity index (χ0n) is 11.3. The minimum Gasteiger partial charge on any atom is -0.505 e. The maximum atomic E-state index is 11.8. The highest BCUT2D eigenvalue weighted by Gasteiger charge is 2.09. The van der Waals surface area contributed by atoms with Gasteiger partial charge in [-0.15, -0.1) is 0 Å². The summed E-state index contributed by atoms with van der Waals surface area (Å²) in [6.45, 7) is 2.40. The first-order valence-electron chi connectivity index (χ1n) is 6.24. The number of hydrogen-bond acceptors (Lipinski definition) is 2. The molecular weight excluding hydrogens is 311 g/mol. The molecule has 0 unspecified atom stereocenters. The number of aryl methyl sites for hydroxylation is 1. The number of carbonyl (C=O) groups is 1. The Morgan fingerprint density at radius 3 is 2.43 bits per heavy atom. The Labute approximate surface area is 132 Å². The number of halogens is 2. The first-order valence-corrected chi connectivity index (χ1v) is 7.00. The molecule has 0 aliphatic heterocycles. The Hall–Kier alpha value is -1.91. The highest BCUT2D eigenvalue weighted by Crippen LogP contribution is 2.34. The minimum atomic E-state index is -0.379. The van der Waals surface area contributed by atoms with E-state index in [9.17, 15) is 9.90 Å². The van der Waals surface area contributed by atoms with Crippen LogP contribution in [0.4, 0.5) is 10.5 Å². The van der Waals surface area contributed by atoms with Crippen LogP contribution in [-0.4, -0.2) is 11.1 Å². The highest BCUT2D eigenvalue weighted by molar-refractivity contribution is 6.37. The van der Waals surface area contributed by atoms with Crippen LogP contribution in [0.15, 0.2) is 36.4 Å². The van der Waals surface area contributed by atoms with Crippen molar-refractivity contribution in [3.63, 3.8) is 0 Å². The Bertz CT molecular complexity index is 651.